The van der Waals surface area contributed by atoms with E-state index in [1.807, 2.05) is 25.1 Å². The fraction of sp³-hybridized carbons (Fsp3) is 0.296. The Kier molecular flexibility index (Phi) is 4.21. The van der Waals surface area contributed by atoms with E-state index in [0.717, 1.165) is 71.2 Å². The minimum atomic E-state index is -0.335. The number of benzene rings is 2. The average molecular weight is 452 g/mol. The molecule has 2 aromatic heterocycles. The molecule has 2 aromatic carbocycles. The summed E-state index contributed by atoms with van der Waals surface area (Å²) in [6.07, 6.45) is 7.65. The molecular formula is C27H25N5O2. The number of para-hydroxylation sites is 1. The Hall–Kier alpha value is -3.87. The molecule has 7 rings (SSSR count). The number of rotatable bonds is 2. The zero-order chi connectivity index (χ0) is 22.8. The highest BCUT2D eigenvalue weighted by molar-refractivity contribution is 5.96. The smallest absolute Gasteiger partial charge is 0.345 e. The van der Waals surface area contributed by atoms with E-state index in [2.05, 4.69) is 32.1 Å². The van der Waals surface area contributed by atoms with Gasteiger partial charge in [0.25, 0.3) is 0 Å². The van der Waals surface area contributed by atoms with Crippen molar-refractivity contribution in [1.82, 2.24) is 9.99 Å². The normalized spacial score (nSPS) is 17.1. The third-order valence-electron chi connectivity index (χ3n) is 7.42. The number of aromatic nitrogens is 1. The molecule has 0 spiro atoms. The highest BCUT2D eigenvalue weighted by atomic mass is 16.4. The first-order chi connectivity index (χ1) is 16.7. The van der Waals surface area contributed by atoms with Gasteiger partial charge in [-0.1, -0.05) is 18.2 Å². The van der Waals surface area contributed by atoms with Gasteiger partial charge in [0, 0.05) is 40.6 Å². The maximum atomic E-state index is 13.0. The Bertz CT molecular complexity index is 1590. The van der Waals surface area contributed by atoms with E-state index in [1.54, 1.807) is 17.6 Å². The van der Waals surface area contributed by atoms with Gasteiger partial charge in [0.15, 0.2) is 0 Å². The van der Waals surface area contributed by atoms with E-state index in [0.29, 0.717) is 12.1 Å². The lowest BCUT2D eigenvalue weighted by Crippen LogP contribution is -2.34. The van der Waals surface area contributed by atoms with Crippen LogP contribution in [0.4, 0.5) is 11.4 Å². The van der Waals surface area contributed by atoms with Crippen LogP contribution < -0.4 is 10.5 Å². The minimum absolute atomic E-state index is 0.335. The highest BCUT2D eigenvalue weighted by Gasteiger charge is 2.28. The molecular weight excluding hydrogens is 426 g/mol. The summed E-state index contributed by atoms with van der Waals surface area (Å²) in [6.45, 7) is 4.75. The van der Waals surface area contributed by atoms with Gasteiger partial charge in [-0.05, 0) is 55.9 Å². The number of hydrogen-bond donors (Lipinski definition) is 1. The molecule has 0 aliphatic carbocycles. The fourth-order valence-corrected chi connectivity index (χ4v) is 5.80. The van der Waals surface area contributed by atoms with Gasteiger partial charge in [0.1, 0.15) is 11.9 Å². The predicted octanol–water partition coefficient (Wildman–Crippen LogP) is 4.79. The molecule has 1 N–H and O–H groups in total. The summed E-state index contributed by atoms with van der Waals surface area (Å²) in [4.78, 5) is 23.5. The van der Waals surface area contributed by atoms with Crippen LogP contribution in [0.25, 0.3) is 21.9 Å². The van der Waals surface area contributed by atoms with Crippen LogP contribution in [0.5, 0.6) is 0 Å². The van der Waals surface area contributed by atoms with E-state index in [9.17, 15) is 4.79 Å². The van der Waals surface area contributed by atoms with Crippen molar-refractivity contribution in [3.8, 4) is 0 Å². The van der Waals surface area contributed by atoms with Crippen molar-refractivity contribution in [1.29, 1.82) is 0 Å². The molecule has 0 unspecified atom stereocenters. The molecule has 7 heteroatoms. The lowest BCUT2D eigenvalue weighted by atomic mass is 9.89. The van der Waals surface area contributed by atoms with Crippen LogP contribution in [0.1, 0.15) is 40.8 Å². The van der Waals surface area contributed by atoms with Gasteiger partial charge in [0.2, 0.25) is 0 Å². The summed E-state index contributed by atoms with van der Waals surface area (Å²) in [6, 6.07) is 10.4. The summed E-state index contributed by atoms with van der Waals surface area (Å²) < 4.78 is 5.95. The Morgan fingerprint density at radius 3 is 2.91 bits per heavy atom. The molecule has 7 nitrogen and oxygen atoms in total. The number of hydrogen-bond acceptors (Lipinski definition) is 6. The number of aromatic amines is 1. The van der Waals surface area contributed by atoms with Crippen molar-refractivity contribution in [2.75, 3.05) is 18.0 Å². The van der Waals surface area contributed by atoms with Crippen molar-refractivity contribution in [2.24, 2.45) is 10.1 Å². The summed E-state index contributed by atoms with van der Waals surface area (Å²) in [5, 5.41) is 8.46. The number of anilines is 1. The van der Waals surface area contributed by atoms with Crippen molar-refractivity contribution in [2.45, 2.75) is 39.2 Å². The lowest BCUT2D eigenvalue weighted by Gasteiger charge is -2.37. The Labute approximate surface area is 196 Å². The number of nitrogens with one attached hydrogen (secondary N) is 1. The molecule has 0 saturated carbocycles. The second-order valence-electron chi connectivity index (χ2n) is 9.45. The van der Waals surface area contributed by atoms with E-state index in [-0.39, 0.29) is 5.63 Å². The number of H-pyrrole nitrogens is 1. The second-order valence-corrected chi connectivity index (χ2v) is 9.45. The van der Waals surface area contributed by atoms with Gasteiger partial charge in [-0.25, -0.2) is 14.8 Å². The summed E-state index contributed by atoms with van der Waals surface area (Å²) in [7, 11) is 0. The van der Waals surface area contributed by atoms with Gasteiger partial charge in [-0.2, -0.15) is 5.10 Å². The highest BCUT2D eigenvalue weighted by Crippen LogP contribution is 2.40. The van der Waals surface area contributed by atoms with Gasteiger partial charge >= 0.3 is 5.63 Å². The van der Waals surface area contributed by atoms with Crippen LogP contribution in [0.2, 0.25) is 0 Å². The van der Waals surface area contributed by atoms with Crippen molar-refractivity contribution in [3.05, 3.63) is 68.7 Å². The first kappa shape index (κ1) is 19.6. The number of nitrogens with zero attached hydrogens (tertiary/aromatic N) is 4. The number of hydrazone groups is 1. The first-order valence-electron chi connectivity index (χ1n) is 12.0. The predicted molar refractivity (Wildman–Crippen MR) is 136 cm³/mol. The standard InChI is InChI=1S/C27H25N5O2/c1-16-20-12-17-6-4-10-31-11-5-8-19(25(17)31)26(20)34-27(33)21(16)13-29-32-14-23-24(28-15-32)18-7-2-3-9-22(18)30-23/h2-3,7,9,12-13,15,30H,4-6,8,10-11,14H2,1H3. The maximum absolute atomic E-state index is 13.0. The number of aryl methyl sites for hydroxylation is 3. The van der Waals surface area contributed by atoms with Crippen LogP contribution >= 0.6 is 0 Å². The van der Waals surface area contributed by atoms with Gasteiger partial charge in [-0.15, -0.1) is 0 Å². The van der Waals surface area contributed by atoms with E-state index >= 15 is 0 Å². The van der Waals surface area contributed by atoms with Gasteiger partial charge < -0.3 is 14.3 Å². The molecule has 5 heterocycles. The molecule has 0 fully saturated rings. The Morgan fingerprint density at radius 1 is 1.15 bits per heavy atom. The first-order valence-corrected chi connectivity index (χ1v) is 12.0. The average Bonchev–Trinajstić information content (AvgIpc) is 3.23. The summed E-state index contributed by atoms with van der Waals surface area (Å²) >= 11 is 0. The van der Waals surface area contributed by atoms with Crippen molar-refractivity contribution in [3.63, 3.8) is 0 Å². The zero-order valence-electron chi connectivity index (χ0n) is 19.1. The van der Waals surface area contributed by atoms with E-state index < -0.39 is 0 Å². The largest absolute Gasteiger partial charge is 0.422 e. The number of fused-ring (bicyclic) bond motifs is 5. The van der Waals surface area contributed by atoms with Crippen LogP contribution in [0, 0.1) is 6.92 Å². The summed E-state index contributed by atoms with van der Waals surface area (Å²) in [5.74, 6) is 0. The molecule has 170 valence electrons. The van der Waals surface area contributed by atoms with Crippen LogP contribution in [0.3, 0.4) is 0 Å². The molecule has 34 heavy (non-hydrogen) atoms. The Balaban J connectivity index is 1.27. The van der Waals surface area contributed by atoms with Gasteiger partial charge in [-0.3, -0.25) is 0 Å². The van der Waals surface area contributed by atoms with E-state index in [1.165, 1.54) is 23.2 Å². The molecule has 3 aliphatic rings. The monoisotopic (exact) mass is 451 g/mol. The SMILES string of the molecule is Cc1c(C=NN2C=Nc3c([nH]c4ccccc34)C2)c(=O)oc2c3c4c(cc12)CCCN4CCC3. The van der Waals surface area contributed by atoms with Crippen molar-refractivity contribution < 1.29 is 4.42 Å². The summed E-state index contributed by atoms with van der Waals surface area (Å²) in [5.41, 5.74) is 8.77. The van der Waals surface area contributed by atoms with Gasteiger partial charge in [0.05, 0.1) is 29.7 Å². The van der Waals surface area contributed by atoms with Crippen LogP contribution in [0.15, 0.2) is 49.6 Å². The van der Waals surface area contributed by atoms with Crippen molar-refractivity contribution >= 4 is 45.8 Å². The molecule has 0 atom stereocenters. The fourth-order valence-electron chi connectivity index (χ4n) is 5.80. The quantitative estimate of drug-likeness (QED) is 0.351. The van der Waals surface area contributed by atoms with E-state index in [4.69, 9.17) is 4.42 Å². The van der Waals surface area contributed by atoms with Crippen LogP contribution in [-0.4, -0.2) is 35.6 Å². The third-order valence-corrected chi connectivity index (χ3v) is 7.42. The zero-order valence-corrected chi connectivity index (χ0v) is 19.1. The molecule has 0 radical (unpaired) electrons. The Morgan fingerprint density at radius 2 is 2.00 bits per heavy atom. The third kappa shape index (κ3) is 2.86. The number of aliphatic imine (C=N–C) groups is 1. The lowest BCUT2D eigenvalue weighted by molar-refractivity contribution is 0.444. The second kappa shape index (κ2) is 7.32. The molecule has 0 bridgehead atoms. The minimum Gasteiger partial charge on any atom is -0.422 e. The molecule has 0 saturated heterocycles. The topological polar surface area (TPSA) is 77.2 Å². The maximum Gasteiger partial charge on any atom is 0.345 e. The molecule has 0 amide bonds. The molecule has 3 aliphatic heterocycles. The van der Waals surface area contributed by atoms with Crippen LogP contribution in [-0.2, 0) is 19.4 Å². The molecule has 4 aromatic rings.